The minimum Gasteiger partial charge on any atom is -0.395 e. The van der Waals surface area contributed by atoms with Crippen molar-refractivity contribution in [1.29, 1.82) is 0 Å². The van der Waals surface area contributed by atoms with Crippen LogP contribution in [0.15, 0.2) is 0 Å². The van der Waals surface area contributed by atoms with Gasteiger partial charge < -0.3 is 10.2 Å². The summed E-state index contributed by atoms with van der Waals surface area (Å²) < 4.78 is 0. The van der Waals surface area contributed by atoms with Crippen LogP contribution in [-0.4, -0.2) is 47.0 Å². The molecule has 13 heavy (non-hydrogen) atoms. The van der Waals surface area contributed by atoms with Crippen molar-refractivity contribution < 1.29 is 10.2 Å². The fourth-order valence-corrected chi connectivity index (χ4v) is 2.10. The predicted molar refractivity (Wildman–Crippen MR) is 52.6 cm³/mol. The Kier molecular flexibility index (Phi) is 4.16. The molecule has 1 aliphatic rings. The maximum Gasteiger partial charge on any atom is 0.0774 e. The van der Waals surface area contributed by atoms with E-state index in [1.54, 1.807) is 0 Å². The summed E-state index contributed by atoms with van der Waals surface area (Å²) >= 11 is 0. The number of rotatable bonds is 5. The lowest BCUT2D eigenvalue weighted by atomic mass is 10.0. The molecular formula is C10H21NO2. The number of nitrogens with zero attached hydrogens (tertiary/aromatic N) is 1. The molecule has 0 bridgehead atoms. The third-order valence-electron chi connectivity index (χ3n) is 2.92. The third kappa shape index (κ3) is 3.25. The molecule has 0 aromatic heterocycles. The van der Waals surface area contributed by atoms with Gasteiger partial charge in [-0.25, -0.2) is 0 Å². The van der Waals surface area contributed by atoms with Crippen molar-refractivity contribution in [2.24, 2.45) is 0 Å². The normalized spacial score (nSPS) is 21.2. The second kappa shape index (κ2) is 4.94. The largest absolute Gasteiger partial charge is 0.395 e. The first kappa shape index (κ1) is 11.0. The van der Waals surface area contributed by atoms with Crippen molar-refractivity contribution in [2.45, 2.75) is 38.2 Å². The van der Waals surface area contributed by atoms with Gasteiger partial charge in [-0.1, -0.05) is 19.8 Å². The van der Waals surface area contributed by atoms with E-state index in [1.807, 2.05) is 0 Å². The van der Waals surface area contributed by atoms with Crippen LogP contribution >= 0.6 is 0 Å². The Labute approximate surface area is 80.4 Å². The Bertz CT molecular complexity index is 144. The van der Waals surface area contributed by atoms with Gasteiger partial charge in [0.05, 0.1) is 12.2 Å². The quantitative estimate of drug-likeness (QED) is 0.662. The average molecular weight is 187 g/mol. The van der Waals surface area contributed by atoms with Crippen molar-refractivity contribution in [3.63, 3.8) is 0 Å². The van der Waals surface area contributed by atoms with E-state index in [2.05, 4.69) is 11.8 Å². The van der Waals surface area contributed by atoms with Crippen molar-refractivity contribution in [2.75, 3.05) is 26.2 Å². The first-order chi connectivity index (χ1) is 6.20. The van der Waals surface area contributed by atoms with E-state index in [1.165, 1.54) is 0 Å². The first-order valence-electron chi connectivity index (χ1n) is 5.26. The molecule has 0 saturated heterocycles. The van der Waals surface area contributed by atoms with Gasteiger partial charge in [-0.3, -0.25) is 4.90 Å². The van der Waals surface area contributed by atoms with E-state index >= 15 is 0 Å². The number of aliphatic hydroxyl groups excluding tert-OH is 1. The summed E-state index contributed by atoms with van der Waals surface area (Å²) in [5, 5.41) is 18.9. The number of aliphatic hydroxyl groups is 2. The van der Waals surface area contributed by atoms with E-state index in [-0.39, 0.29) is 6.61 Å². The SMILES string of the molecule is CCN(CCO)CC1(O)CCCC1. The highest BCUT2D eigenvalue weighted by molar-refractivity contribution is 4.87. The zero-order chi connectivity index (χ0) is 9.73. The highest BCUT2D eigenvalue weighted by Gasteiger charge is 2.32. The lowest BCUT2D eigenvalue weighted by Gasteiger charge is -2.30. The Morgan fingerprint density at radius 1 is 1.31 bits per heavy atom. The molecule has 0 unspecified atom stereocenters. The van der Waals surface area contributed by atoms with Crippen LogP contribution < -0.4 is 0 Å². The van der Waals surface area contributed by atoms with Crippen LogP contribution in [0.25, 0.3) is 0 Å². The minimum atomic E-state index is -0.467. The lowest BCUT2D eigenvalue weighted by molar-refractivity contribution is 0.00704. The van der Waals surface area contributed by atoms with Crippen molar-refractivity contribution in [3.8, 4) is 0 Å². The standard InChI is InChI=1S/C10H21NO2/c1-2-11(7-8-12)9-10(13)5-3-4-6-10/h12-13H,2-9H2,1H3. The van der Waals surface area contributed by atoms with Crippen LogP contribution in [0, 0.1) is 0 Å². The van der Waals surface area contributed by atoms with Gasteiger partial charge in [0.2, 0.25) is 0 Å². The topological polar surface area (TPSA) is 43.7 Å². The van der Waals surface area contributed by atoms with E-state index in [4.69, 9.17) is 5.11 Å². The fraction of sp³-hybridized carbons (Fsp3) is 1.00. The molecule has 3 nitrogen and oxygen atoms in total. The van der Waals surface area contributed by atoms with E-state index in [0.717, 1.165) is 38.8 Å². The second-order valence-electron chi connectivity index (χ2n) is 4.02. The molecule has 0 spiro atoms. The molecule has 0 aliphatic heterocycles. The maximum absolute atomic E-state index is 10.1. The van der Waals surface area contributed by atoms with Crippen molar-refractivity contribution >= 4 is 0 Å². The summed E-state index contributed by atoms with van der Waals surface area (Å²) in [5.41, 5.74) is -0.467. The Morgan fingerprint density at radius 3 is 2.38 bits per heavy atom. The molecular weight excluding hydrogens is 166 g/mol. The summed E-state index contributed by atoms with van der Waals surface area (Å²) in [6, 6.07) is 0. The molecule has 78 valence electrons. The minimum absolute atomic E-state index is 0.184. The molecule has 0 radical (unpaired) electrons. The first-order valence-corrected chi connectivity index (χ1v) is 5.26. The van der Waals surface area contributed by atoms with Crippen LogP contribution in [0.3, 0.4) is 0 Å². The molecule has 0 amide bonds. The second-order valence-corrected chi connectivity index (χ2v) is 4.02. The van der Waals surface area contributed by atoms with Gasteiger partial charge in [-0.2, -0.15) is 0 Å². The van der Waals surface area contributed by atoms with Gasteiger partial charge in [0.25, 0.3) is 0 Å². The van der Waals surface area contributed by atoms with Gasteiger partial charge in [0, 0.05) is 13.1 Å². The molecule has 1 saturated carbocycles. The molecule has 2 N–H and O–H groups in total. The monoisotopic (exact) mass is 187 g/mol. The van der Waals surface area contributed by atoms with Gasteiger partial charge in [0.15, 0.2) is 0 Å². The summed E-state index contributed by atoms with van der Waals surface area (Å²) in [5.74, 6) is 0. The molecule has 0 aromatic rings. The van der Waals surface area contributed by atoms with E-state index in [9.17, 15) is 5.11 Å². The number of hydrogen-bond acceptors (Lipinski definition) is 3. The van der Waals surface area contributed by atoms with Gasteiger partial charge in [-0.15, -0.1) is 0 Å². The molecule has 1 rings (SSSR count). The zero-order valence-corrected chi connectivity index (χ0v) is 8.50. The molecule has 0 atom stereocenters. The van der Waals surface area contributed by atoms with Crippen LogP contribution in [-0.2, 0) is 0 Å². The maximum atomic E-state index is 10.1. The highest BCUT2D eigenvalue weighted by Crippen LogP contribution is 2.29. The van der Waals surface area contributed by atoms with Crippen molar-refractivity contribution in [3.05, 3.63) is 0 Å². The Hall–Kier alpha value is -0.120. The summed E-state index contributed by atoms with van der Waals surface area (Å²) in [6.45, 7) is 4.56. The van der Waals surface area contributed by atoms with Gasteiger partial charge in [-0.05, 0) is 19.4 Å². The number of hydrogen-bond donors (Lipinski definition) is 2. The van der Waals surface area contributed by atoms with Crippen LogP contribution in [0.5, 0.6) is 0 Å². The molecule has 1 aliphatic carbocycles. The number of likely N-dealkylation sites (N-methyl/N-ethyl adjacent to an activating group) is 1. The third-order valence-corrected chi connectivity index (χ3v) is 2.92. The summed E-state index contributed by atoms with van der Waals surface area (Å²) in [4.78, 5) is 2.12. The van der Waals surface area contributed by atoms with E-state index < -0.39 is 5.60 Å². The predicted octanol–water partition coefficient (Wildman–Crippen LogP) is 0.606. The van der Waals surface area contributed by atoms with Crippen LogP contribution in [0.4, 0.5) is 0 Å². The van der Waals surface area contributed by atoms with Crippen LogP contribution in [0.2, 0.25) is 0 Å². The van der Waals surface area contributed by atoms with Crippen molar-refractivity contribution in [1.82, 2.24) is 4.90 Å². The van der Waals surface area contributed by atoms with Gasteiger partial charge in [0.1, 0.15) is 0 Å². The van der Waals surface area contributed by atoms with Crippen LogP contribution in [0.1, 0.15) is 32.6 Å². The fourth-order valence-electron chi connectivity index (χ4n) is 2.10. The summed E-state index contributed by atoms with van der Waals surface area (Å²) in [7, 11) is 0. The van der Waals surface area contributed by atoms with Gasteiger partial charge >= 0.3 is 0 Å². The Balaban J connectivity index is 2.35. The molecule has 0 aromatic carbocycles. The molecule has 0 heterocycles. The smallest absolute Gasteiger partial charge is 0.0774 e. The summed E-state index contributed by atoms with van der Waals surface area (Å²) in [6.07, 6.45) is 4.14. The Morgan fingerprint density at radius 2 is 1.92 bits per heavy atom. The molecule has 3 heteroatoms. The highest BCUT2D eigenvalue weighted by atomic mass is 16.3. The zero-order valence-electron chi connectivity index (χ0n) is 8.50. The lowest BCUT2D eigenvalue weighted by Crippen LogP contribution is -2.42. The van der Waals surface area contributed by atoms with E-state index in [0.29, 0.717) is 6.54 Å². The average Bonchev–Trinajstić information content (AvgIpc) is 2.51. The molecule has 1 fully saturated rings.